The van der Waals surface area contributed by atoms with Crippen LogP contribution in [0.5, 0.6) is 0 Å². The molecule has 2 aromatic carbocycles. The van der Waals surface area contributed by atoms with Crippen molar-refractivity contribution in [1.29, 1.82) is 0 Å². The summed E-state index contributed by atoms with van der Waals surface area (Å²) < 4.78 is 28.0. The molecule has 0 bridgehead atoms. The third-order valence-corrected chi connectivity index (χ3v) is 4.59. The van der Waals surface area contributed by atoms with Gasteiger partial charge in [0.1, 0.15) is 11.6 Å². The number of rotatable bonds is 3. The largest absolute Gasteiger partial charge is 0.312 e. The van der Waals surface area contributed by atoms with Crippen molar-refractivity contribution in [2.24, 2.45) is 0 Å². The fraction of sp³-hybridized carbons (Fsp3) is 0.250. The Balaban J connectivity index is 1.98. The first kappa shape index (κ1) is 13.7. The SMILES string of the molecule is CNC(c1cc(F)c(Br)cc1F)C1Cc2ccccc21. The number of nitrogens with one attached hydrogen (secondary N) is 1. The molecule has 0 saturated heterocycles. The number of hydrogen-bond donors (Lipinski definition) is 1. The van der Waals surface area contributed by atoms with Crippen LogP contribution in [0.1, 0.15) is 28.7 Å². The topological polar surface area (TPSA) is 12.0 Å². The Morgan fingerprint density at radius 3 is 2.65 bits per heavy atom. The summed E-state index contributed by atoms with van der Waals surface area (Å²) in [6.07, 6.45) is 0.888. The summed E-state index contributed by atoms with van der Waals surface area (Å²) in [6, 6.07) is 10.4. The van der Waals surface area contributed by atoms with E-state index < -0.39 is 5.82 Å². The zero-order valence-electron chi connectivity index (χ0n) is 11.0. The summed E-state index contributed by atoms with van der Waals surface area (Å²) in [6.45, 7) is 0. The molecule has 0 heterocycles. The van der Waals surface area contributed by atoms with Crippen molar-refractivity contribution in [3.8, 4) is 0 Å². The molecule has 0 aliphatic heterocycles. The third kappa shape index (κ3) is 2.17. The molecule has 2 atom stereocenters. The van der Waals surface area contributed by atoms with Gasteiger partial charge in [-0.1, -0.05) is 24.3 Å². The van der Waals surface area contributed by atoms with Crippen LogP contribution in [0.15, 0.2) is 40.9 Å². The Morgan fingerprint density at radius 1 is 1.20 bits per heavy atom. The maximum atomic E-state index is 14.1. The molecule has 4 heteroatoms. The number of benzene rings is 2. The molecule has 0 fully saturated rings. The van der Waals surface area contributed by atoms with Gasteiger partial charge in [-0.05, 0) is 52.7 Å². The van der Waals surface area contributed by atoms with Crippen molar-refractivity contribution < 1.29 is 8.78 Å². The molecular weight excluding hydrogens is 324 g/mol. The molecule has 0 spiro atoms. The molecule has 1 N–H and O–H groups in total. The van der Waals surface area contributed by atoms with Gasteiger partial charge in [-0.2, -0.15) is 0 Å². The van der Waals surface area contributed by atoms with E-state index in [4.69, 9.17) is 0 Å². The number of hydrogen-bond acceptors (Lipinski definition) is 1. The Kier molecular flexibility index (Phi) is 3.61. The van der Waals surface area contributed by atoms with Crippen LogP contribution in [0.3, 0.4) is 0 Å². The maximum Gasteiger partial charge on any atom is 0.137 e. The molecule has 104 valence electrons. The lowest BCUT2D eigenvalue weighted by molar-refractivity contribution is 0.419. The Bertz CT molecular complexity index is 657. The smallest absolute Gasteiger partial charge is 0.137 e. The lowest BCUT2D eigenvalue weighted by atomic mass is 9.71. The molecular formula is C16H14BrF2N. The van der Waals surface area contributed by atoms with Gasteiger partial charge < -0.3 is 5.32 Å². The summed E-state index contributed by atoms with van der Waals surface area (Å²) in [5.74, 6) is -0.637. The second kappa shape index (κ2) is 5.26. The van der Waals surface area contributed by atoms with E-state index in [0.717, 1.165) is 6.42 Å². The first-order chi connectivity index (χ1) is 9.61. The minimum absolute atomic E-state index is 0.155. The van der Waals surface area contributed by atoms with E-state index in [9.17, 15) is 8.78 Å². The van der Waals surface area contributed by atoms with Crippen LogP contribution in [0, 0.1) is 11.6 Å². The third-order valence-electron chi connectivity index (χ3n) is 3.98. The van der Waals surface area contributed by atoms with Crippen molar-refractivity contribution >= 4 is 15.9 Å². The zero-order chi connectivity index (χ0) is 14.3. The van der Waals surface area contributed by atoms with Crippen LogP contribution in [-0.4, -0.2) is 7.05 Å². The minimum Gasteiger partial charge on any atom is -0.312 e. The van der Waals surface area contributed by atoms with E-state index in [0.29, 0.717) is 5.56 Å². The Hall–Kier alpha value is -1.26. The van der Waals surface area contributed by atoms with Crippen molar-refractivity contribution in [2.45, 2.75) is 18.4 Å². The van der Waals surface area contributed by atoms with E-state index in [1.165, 1.54) is 23.3 Å². The van der Waals surface area contributed by atoms with Crippen molar-refractivity contribution in [3.05, 3.63) is 69.2 Å². The first-order valence-electron chi connectivity index (χ1n) is 6.51. The van der Waals surface area contributed by atoms with Gasteiger partial charge in [0.25, 0.3) is 0 Å². The predicted octanol–water partition coefficient (Wildman–Crippen LogP) is 4.33. The van der Waals surface area contributed by atoms with E-state index in [1.807, 2.05) is 12.1 Å². The van der Waals surface area contributed by atoms with Crippen molar-refractivity contribution in [2.75, 3.05) is 7.05 Å². The number of fused-ring (bicyclic) bond motifs is 1. The summed E-state index contributed by atoms with van der Waals surface area (Å²) in [7, 11) is 1.78. The van der Waals surface area contributed by atoms with E-state index in [-0.39, 0.29) is 22.2 Å². The van der Waals surface area contributed by atoms with Crippen LogP contribution < -0.4 is 5.32 Å². The molecule has 2 aromatic rings. The summed E-state index contributed by atoms with van der Waals surface area (Å²) >= 11 is 3.01. The fourth-order valence-corrected chi connectivity index (χ4v) is 3.26. The average Bonchev–Trinajstić information content (AvgIpc) is 2.41. The molecule has 0 saturated carbocycles. The first-order valence-corrected chi connectivity index (χ1v) is 7.30. The monoisotopic (exact) mass is 337 g/mol. The molecule has 3 rings (SSSR count). The van der Waals surface area contributed by atoms with Crippen LogP contribution in [0.25, 0.3) is 0 Å². The van der Waals surface area contributed by atoms with Gasteiger partial charge in [0.05, 0.1) is 4.47 Å². The molecule has 1 aliphatic rings. The average molecular weight is 338 g/mol. The highest BCUT2D eigenvalue weighted by atomic mass is 79.9. The summed E-state index contributed by atoms with van der Waals surface area (Å²) in [5, 5.41) is 3.13. The maximum absolute atomic E-state index is 14.1. The van der Waals surface area contributed by atoms with Gasteiger partial charge in [0.15, 0.2) is 0 Å². The standard InChI is InChI=1S/C16H14BrF2N/c1-20-16(11-6-9-4-2-3-5-10(9)11)12-7-15(19)13(17)8-14(12)18/h2-5,7-8,11,16,20H,6H2,1H3. The molecule has 0 aromatic heterocycles. The quantitative estimate of drug-likeness (QED) is 0.822. The lowest BCUT2D eigenvalue weighted by Crippen LogP contribution is -2.32. The lowest BCUT2D eigenvalue weighted by Gasteiger charge is -2.37. The summed E-state index contributed by atoms with van der Waals surface area (Å²) in [5.41, 5.74) is 2.89. The predicted molar refractivity (Wildman–Crippen MR) is 78.7 cm³/mol. The molecule has 1 aliphatic carbocycles. The molecule has 0 amide bonds. The second-order valence-corrected chi connectivity index (χ2v) is 5.92. The van der Waals surface area contributed by atoms with Crippen LogP contribution in [0.2, 0.25) is 0 Å². The Morgan fingerprint density at radius 2 is 1.95 bits per heavy atom. The van der Waals surface area contributed by atoms with E-state index in [2.05, 4.69) is 33.4 Å². The van der Waals surface area contributed by atoms with Crippen molar-refractivity contribution in [3.63, 3.8) is 0 Å². The Labute approximate surface area is 125 Å². The van der Waals surface area contributed by atoms with Gasteiger partial charge in [-0.15, -0.1) is 0 Å². The fourth-order valence-electron chi connectivity index (χ4n) is 2.94. The normalized spacial score (nSPS) is 18.3. The molecule has 20 heavy (non-hydrogen) atoms. The minimum atomic E-state index is -0.436. The molecule has 2 unspecified atom stereocenters. The highest BCUT2D eigenvalue weighted by molar-refractivity contribution is 9.10. The van der Waals surface area contributed by atoms with Crippen LogP contribution in [-0.2, 0) is 6.42 Å². The molecule has 1 nitrogen and oxygen atoms in total. The van der Waals surface area contributed by atoms with Crippen LogP contribution >= 0.6 is 15.9 Å². The van der Waals surface area contributed by atoms with E-state index >= 15 is 0 Å². The summed E-state index contributed by atoms with van der Waals surface area (Å²) in [4.78, 5) is 0. The van der Waals surface area contributed by atoms with Gasteiger partial charge in [0, 0.05) is 17.5 Å². The number of halogens is 3. The van der Waals surface area contributed by atoms with Gasteiger partial charge in [-0.25, -0.2) is 8.78 Å². The number of likely N-dealkylation sites (N-methyl/N-ethyl adjacent to an activating group) is 1. The molecule has 0 radical (unpaired) electrons. The van der Waals surface area contributed by atoms with Crippen molar-refractivity contribution in [1.82, 2.24) is 5.32 Å². The van der Waals surface area contributed by atoms with Gasteiger partial charge in [-0.3, -0.25) is 0 Å². The van der Waals surface area contributed by atoms with Gasteiger partial charge >= 0.3 is 0 Å². The highest BCUT2D eigenvalue weighted by Crippen LogP contribution is 2.44. The highest BCUT2D eigenvalue weighted by Gasteiger charge is 2.34. The van der Waals surface area contributed by atoms with Crippen LogP contribution in [0.4, 0.5) is 8.78 Å². The van der Waals surface area contributed by atoms with E-state index in [1.54, 1.807) is 7.05 Å². The van der Waals surface area contributed by atoms with Gasteiger partial charge in [0.2, 0.25) is 0 Å². The second-order valence-electron chi connectivity index (χ2n) is 5.06. The zero-order valence-corrected chi connectivity index (χ0v) is 12.5.